The van der Waals surface area contributed by atoms with Gasteiger partial charge in [-0.3, -0.25) is 4.79 Å². The van der Waals surface area contributed by atoms with Crippen LogP contribution in [0.5, 0.6) is 0 Å². The number of pyridine rings is 1. The molecule has 0 saturated heterocycles. The maximum Gasteiger partial charge on any atom is 0.255 e. The van der Waals surface area contributed by atoms with Crippen LogP contribution in [-0.4, -0.2) is 28.9 Å². The minimum absolute atomic E-state index is 0.0586. The third-order valence-corrected chi connectivity index (χ3v) is 3.58. The van der Waals surface area contributed by atoms with E-state index >= 15 is 0 Å². The highest BCUT2D eigenvalue weighted by molar-refractivity contribution is 5.94. The zero-order valence-electron chi connectivity index (χ0n) is 14.2. The summed E-state index contributed by atoms with van der Waals surface area (Å²) < 4.78 is 0. The molecule has 0 saturated carbocycles. The number of benzene rings is 1. The summed E-state index contributed by atoms with van der Waals surface area (Å²) in [6, 6.07) is 11.8. The van der Waals surface area contributed by atoms with Gasteiger partial charge in [-0.25, -0.2) is 4.98 Å². The lowest BCUT2D eigenvalue weighted by atomic mass is 10.2. The molecule has 1 heterocycles. The van der Waals surface area contributed by atoms with Gasteiger partial charge >= 0.3 is 0 Å². The molecule has 0 aliphatic carbocycles. The molecule has 2 aromatic rings. The molecule has 4 nitrogen and oxygen atoms in total. The molecule has 4 heteroatoms. The predicted molar refractivity (Wildman–Crippen MR) is 95.2 cm³/mol. The Balaban J connectivity index is 2.07. The fourth-order valence-corrected chi connectivity index (χ4v) is 2.50. The number of nitrogens with zero attached hydrogens (tertiary/aromatic N) is 2. The predicted octanol–water partition coefficient (Wildman–Crippen LogP) is 4.40. The van der Waals surface area contributed by atoms with Crippen molar-refractivity contribution in [1.29, 1.82) is 0 Å². The summed E-state index contributed by atoms with van der Waals surface area (Å²) in [7, 11) is 0. The monoisotopic (exact) mass is 311 g/mol. The van der Waals surface area contributed by atoms with Gasteiger partial charge in [-0.15, -0.1) is 0 Å². The van der Waals surface area contributed by atoms with Crippen LogP contribution in [0.3, 0.4) is 0 Å². The van der Waals surface area contributed by atoms with Gasteiger partial charge < -0.3 is 10.2 Å². The second kappa shape index (κ2) is 8.32. The summed E-state index contributed by atoms with van der Waals surface area (Å²) in [6.07, 6.45) is 3.58. The van der Waals surface area contributed by atoms with E-state index in [2.05, 4.69) is 43.2 Å². The first-order chi connectivity index (χ1) is 11.1. The Morgan fingerprint density at radius 1 is 1.13 bits per heavy atom. The Morgan fingerprint density at radius 2 is 1.87 bits per heavy atom. The zero-order valence-corrected chi connectivity index (χ0v) is 14.2. The van der Waals surface area contributed by atoms with Crippen molar-refractivity contribution in [1.82, 2.24) is 9.88 Å². The smallest absolute Gasteiger partial charge is 0.255 e. The molecule has 1 amide bonds. The van der Waals surface area contributed by atoms with Crippen molar-refractivity contribution in [2.75, 3.05) is 18.4 Å². The molecule has 1 aromatic carbocycles. The maximum absolute atomic E-state index is 12.5. The highest BCUT2D eigenvalue weighted by atomic mass is 16.2. The molecule has 1 N–H and O–H groups in total. The summed E-state index contributed by atoms with van der Waals surface area (Å²) in [6.45, 7) is 7.80. The van der Waals surface area contributed by atoms with Crippen molar-refractivity contribution in [2.45, 2.75) is 33.6 Å². The highest BCUT2D eigenvalue weighted by Gasteiger charge is 2.14. The number of amides is 1. The number of aryl methyl sites for hydroxylation is 1. The van der Waals surface area contributed by atoms with Crippen LogP contribution in [0.1, 0.15) is 42.6 Å². The van der Waals surface area contributed by atoms with E-state index in [0.29, 0.717) is 5.56 Å². The van der Waals surface area contributed by atoms with Crippen molar-refractivity contribution in [2.24, 2.45) is 0 Å². The van der Waals surface area contributed by atoms with E-state index in [4.69, 9.17) is 0 Å². The van der Waals surface area contributed by atoms with Gasteiger partial charge in [0.1, 0.15) is 5.82 Å². The number of hydrogen-bond donors (Lipinski definition) is 1. The Labute approximate surface area is 138 Å². The highest BCUT2D eigenvalue weighted by Crippen LogP contribution is 2.16. The van der Waals surface area contributed by atoms with E-state index in [0.717, 1.165) is 37.4 Å². The number of nitrogens with one attached hydrogen (secondary N) is 1. The summed E-state index contributed by atoms with van der Waals surface area (Å²) in [4.78, 5) is 18.8. The average Bonchev–Trinajstić information content (AvgIpc) is 2.55. The lowest BCUT2D eigenvalue weighted by Crippen LogP contribution is -2.32. The van der Waals surface area contributed by atoms with Crippen molar-refractivity contribution < 1.29 is 4.79 Å². The third kappa shape index (κ3) is 4.81. The van der Waals surface area contributed by atoms with Crippen LogP contribution in [0.4, 0.5) is 11.5 Å². The molecule has 23 heavy (non-hydrogen) atoms. The molecular formula is C19H25N3O. The van der Waals surface area contributed by atoms with Gasteiger partial charge in [0.25, 0.3) is 5.91 Å². The lowest BCUT2D eigenvalue weighted by Gasteiger charge is -2.21. The van der Waals surface area contributed by atoms with Crippen molar-refractivity contribution in [3.05, 3.63) is 53.7 Å². The second-order valence-electron chi connectivity index (χ2n) is 5.72. The third-order valence-electron chi connectivity index (χ3n) is 3.58. The first kappa shape index (κ1) is 17.0. The molecule has 0 unspecified atom stereocenters. The van der Waals surface area contributed by atoms with Crippen molar-refractivity contribution >= 4 is 17.4 Å². The van der Waals surface area contributed by atoms with Crippen LogP contribution in [-0.2, 0) is 0 Å². The molecule has 0 aliphatic heterocycles. The number of anilines is 2. The van der Waals surface area contributed by atoms with Gasteiger partial charge in [0, 0.05) is 25.0 Å². The summed E-state index contributed by atoms with van der Waals surface area (Å²) >= 11 is 0. The first-order valence-corrected chi connectivity index (χ1v) is 8.23. The number of aromatic nitrogens is 1. The van der Waals surface area contributed by atoms with Gasteiger partial charge in [-0.05, 0) is 49.6 Å². The standard InChI is InChI=1S/C19H25N3O/c1-4-11-22(12-5-2)19(23)16-9-10-18(20-14-16)21-17-8-6-7-15(3)13-17/h6-10,13-14H,4-5,11-12H2,1-3H3,(H,20,21). The minimum atomic E-state index is 0.0586. The zero-order chi connectivity index (χ0) is 16.7. The van der Waals surface area contributed by atoms with Gasteiger partial charge in [0.05, 0.1) is 5.56 Å². The van der Waals surface area contributed by atoms with E-state index in [1.807, 2.05) is 29.2 Å². The first-order valence-electron chi connectivity index (χ1n) is 8.23. The lowest BCUT2D eigenvalue weighted by molar-refractivity contribution is 0.0755. The topological polar surface area (TPSA) is 45.2 Å². The molecule has 0 atom stereocenters. The summed E-state index contributed by atoms with van der Waals surface area (Å²) in [5, 5.41) is 3.25. The minimum Gasteiger partial charge on any atom is -0.340 e. The number of hydrogen-bond acceptors (Lipinski definition) is 3. The summed E-state index contributed by atoms with van der Waals surface area (Å²) in [5.41, 5.74) is 2.83. The SMILES string of the molecule is CCCN(CCC)C(=O)c1ccc(Nc2cccc(C)c2)nc1. The van der Waals surface area contributed by atoms with Crippen molar-refractivity contribution in [3.8, 4) is 0 Å². The van der Waals surface area contributed by atoms with Crippen LogP contribution < -0.4 is 5.32 Å². The van der Waals surface area contributed by atoms with Crippen LogP contribution in [0, 0.1) is 6.92 Å². The van der Waals surface area contributed by atoms with E-state index in [1.54, 1.807) is 6.20 Å². The molecule has 1 aromatic heterocycles. The molecule has 122 valence electrons. The van der Waals surface area contributed by atoms with E-state index in [9.17, 15) is 4.79 Å². The van der Waals surface area contributed by atoms with Crippen LogP contribution >= 0.6 is 0 Å². The molecule has 2 rings (SSSR count). The second-order valence-corrected chi connectivity index (χ2v) is 5.72. The fourth-order valence-electron chi connectivity index (χ4n) is 2.50. The Kier molecular flexibility index (Phi) is 6.15. The number of rotatable bonds is 7. The molecule has 0 aliphatic rings. The van der Waals surface area contributed by atoms with Gasteiger partial charge in [0.15, 0.2) is 0 Å². The van der Waals surface area contributed by atoms with Crippen molar-refractivity contribution in [3.63, 3.8) is 0 Å². The van der Waals surface area contributed by atoms with E-state index in [-0.39, 0.29) is 5.91 Å². The molecule has 0 spiro atoms. The Bertz CT molecular complexity index is 631. The van der Waals surface area contributed by atoms with Gasteiger partial charge in [-0.1, -0.05) is 26.0 Å². The average molecular weight is 311 g/mol. The number of carbonyl (C=O) groups is 1. The largest absolute Gasteiger partial charge is 0.340 e. The van der Waals surface area contributed by atoms with Crippen LogP contribution in [0.2, 0.25) is 0 Å². The van der Waals surface area contributed by atoms with Gasteiger partial charge in [-0.2, -0.15) is 0 Å². The molecule has 0 bridgehead atoms. The Morgan fingerprint density at radius 3 is 2.43 bits per heavy atom. The van der Waals surface area contributed by atoms with E-state index in [1.165, 1.54) is 5.56 Å². The quantitative estimate of drug-likeness (QED) is 0.824. The molecule has 0 radical (unpaired) electrons. The van der Waals surface area contributed by atoms with E-state index < -0.39 is 0 Å². The normalized spacial score (nSPS) is 10.4. The van der Waals surface area contributed by atoms with Gasteiger partial charge in [0.2, 0.25) is 0 Å². The fraction of sp³-hybridized carbons (Fsp3) is 0.368. The van der Waals surface area contributed by atoms with Crippen LogP contribution in [0.15, 0.2) is 42.6 Å². The Hall–Kier alpha value is -2.36. The molecular weight excluding hydrogens is 286 g/mol. The molecule has 0 fully saturated rings. The maximum atomic E-state index is 12.5. The van der Waals surface area contributed by atoms with Crippen LogP contribution in [0.25, 0.3) is 0 Å². The summed E-state index contributed by atoms with van der Waals surface area (Å²) in [5.74, 6) is 0.799. The number of carbonyl (C=O) groups excluding carboxylic acids is 1.